The summed E-state index contributed by atoms with van der Waals surface area (Å²) in [5.41, 5.74) is -6.93. The third kappa shape index (κ3) is 8.13. The summed E-state index contributed by atoms with van der Waals surface area (Å²) in [7, 11) is 1.44. The van der Waals surface area contributed by atoms with E-state index in [4.69, 9.17) is 4.74 Å². The van der Waals surface area contributed by atoms with Crippen LogP contribution in [0.1, 0.15) is 69.2 Å². The fourth-order valence-electron chi connectivity index (χ4n) is 6.74. The van der Waals surface area contributed by atoms with Crippen molar-refractivity contribution in [2.45, 2.75) is 82.9 Å². The summed E-state index contributed by atoms with van der Waals surface area (Å²) >= 11 is 0. The zero-order valence-electron chi connectivity index (χ0n) is 29.5. The average molecular weight is 771 g/mol. The van der Waals surface area contributed by atoms with Gasteiger partial charge in [-0.15, -0.1) is 0 Å². The summed E-state index contributed by atoms with van der Waals surface area (Å²) in [6.45, 7) is 3.85. The van der Waals surface area contributed by atoms with Gasteiger partial charge in [-0.3, -0.25) is 14.6 Å². The Morgan fingerprint density at radius 1 is 0.981 bits per heavy atom. The molecular weight excluding hydrogens is 732 g/mol. The number of hydrogen-bond acceptors (Lipinski definition) is 8. The highest BCUT2D eigenvalue weighted by atomic mass is 19.4. The SMILES string of the molecule is CCC(CC)NCCOc1ccc(CN2C(=O)C(C(=O)Nc3ccc(C(F)(F)F)cc3-c3cc(C(F)(F)F)ncn3)=C(O)C3(CCCC3)N2C)c(F)c1F. The van der Waals surface area contributed by atoms with Gasteiger partial charge < -0.3 is 20.5 Å². The number of hydrazine groups is 1. The van der Waals surface area contributed by atoms with Crippen LogP contribution in [-0.2, 0) is 28.5 Å². The van der Waals surface area contributed by atoms with Gasteiger partial charge in [0, 0.05) is 30.8 Å². The monoisotopic (exact) mass is 770 g/mol. The van der Waals surface area contributed by atoms with Crippen LogP contribution in [0, 0.1) is 11.6 Å². The van der Waals surface area contributed by atoms with E-state index in [2.05, 4.69) is 20.6 Å². The van der Waals surface area contributed by atoms with E-state index in [0.717, 1.165) is 23.9 Å². The number of nitrogens with one attached hydrogen (secondary N) is 2. The van der Waals surface area contributed by atoms with E-state index in [1.54, 1.807) is 0 Å². The molecule has 1 spiro atoms. The van der Waals surface area contributed by atoms with Gasteiger partial charge in [-0.1, -0.05) is 32.8 Å². The van der Waals surface area contributed by atoms with E-state index >= 15 is 8.78 Å². The predicted molar refractivity (Wildman–Crippen MR) is 179 cm³/mol. The van der Waals surface area contributed by atoms with E-state index < -0.39 is 87.4 Å². The summed E-state index contributed by atoms with van der Waals surface area (Å²) in [6.07, 6.45) is -6.13. The molecule has 3 N–H and O–H groups in total. The molecule has 2 aromatic carbocycles. The van der Waals surface area contributed by atoms with Crippen LogP contribution in [0.25, 0.3) is 11.3 Å². The van der Waals surface area contributed by atoms with Gasteiger partial charge in [0.2, 0.25) is 5.82 Å². The fraction of sp³-hybridized carbons (Fsp3) is 0.444. The Morgan fingerprint density at radius 2 is 1.67 bits per heavy atom. The van der Waals surface area contributed by atoms with Gasteiger partial charge in [0.1, 0.15) is 30.0 Å². The average Bonchev–Trinajstić information content (AvgIpc) is 3.63. The molecule has 0 bridgehead atoms. The molecule has 1 aromatic heterocycles. The van der Waals surface area contributed by atoms with Crippen LogP contribution in [0.3, 0.4) is 0 Å². The molecule has 2 aliphatic rings. The molecule has 1 aliphatic heterocycles. The molecule has 0 radical (unpaired) electrons. The lowest BCUT2D eigenvalue weighted by Gasteiger charge is -2.48. The van der Waals surface area contributed by atoms with Crippen LogP contribution in [-0.4, -0.2) is 68.7 Å². The van der Waals surface area contributed by atoms with Crippen LogP contribution in [0.15, 0.2) is 54.1 Å². The minimum absolute atomic E-state index is 0.0476. The van der Waals surface area contributed by atoms with Crippen molar-refractivity contribution in [2.75, 3.05) is 25.5 Å². The van der Waals surface area contributed by atoms with Crippen molar-refractivity contribution in [1.82, 2.24) is 25.3 Å². The Hall–Kier alpha value is -4.84. The molecule has 292 valence electrons. The third-order valence-electron chi connectivity index (χ3n) is 9.82. The molecule has 0 unspecified atom stereocenters. The smallest absolute Gasteiger partial charge is 0.433 e. The molecule has 18 heteroatoms. The molecule has 1 saturated carbocycles. The van der Waals surface area contributed by atoms with Crippen LogP contribution in [0.4, 0.5) is 40.8 Å². The first kappa shape index (κ1) is 40.3. The number of likely N-dealkylation sites (N-methyl/N-ethyl adjacent to an activating group) is 1. The number of carbonyl (C=O) groups is 2. The van der Waals surface area contributed by atoms with Gasteiger partial charge in [-0.05, 0) is 56.0 Å². The maximum Gasteiger partial charge on any atom is 0.433 e. The maximum absolute atomic E-state index is 15.5. The molecular formula is C36H38F8N6O4. The summed E-state index contributed by atoms with van der Waals surface area (Å²) in [5, 5.41) is 19.3. The van der Waals surface area contributed by atoms with Gasteiger partial charge in [0.15, 0.2) is 11.6 Å². The number of hydrogen-bond donors (Lipinski definition) is 3. The highest BCUT2D eigenvalue weighted by molar-refractivity contribution is 6.24. The largest absolute Gasteiger partial charge is 0.509 e. The molecule has 0 saturated heterocycles. The van der Waals surface area contributed by atoms with Gasteiger partial charge in [-0.2, -0.15) is 30.7 Å². The number of carbonyl (C=O) groups excluding carboxylic acids is 2. The van der Waals surface area contributed by atoms with Crippen molar-refractivity contribution in [3.63, 3.8) is 0 Å². The molecule has 2 amide bonds. The normalized spacial score (nSPS) is 16.5. The Bertz CT molecular complexity index is 1910. The zero-order valence-corrected chi connectivity index (χ0v) is 29.5. The van der Waals surface area contributed by atoms with E-state index in [0.29, 0.717) is 43.9 Å². The first-order valence-corrected chi connectivity index (χ1v) is 17.2. The highest BCUT2D eigenvalue weighted by Crippen LogP contribution is 2.45. The maximum atomic E-state index is 15.5. The number of nitrogens with zero attached hydrogens (tertiary/aromatic N) is 4. The van der Waals surface area contributed by atoms with Crippen LogP contribution in [0.5, 0.6) is 5.75 Å². The van der Waals surface area contributed by atoms with Crippen molar-refractivity contribution < 1.29 is 54.6 Å². The Labute approximate surface area is 305 Å². The number of anilines is 1. The van der Waals surface area contributed by atoms with Crippen LogP contribution in [0.2, 0.25) is 0 Å². The van der Waals surface area contributed by atoms with Gasteiger partial charge >= 0.3 is 12.4 Å². The highest BCUT2D eigenvalue weighted by Gasteiger charge is 2.53. The van der Waals surface area contributed by atoms with E-state index in [1.807, 2.05) is 13.8 Å². The van der Waals surface area contributed by atoms with E-state index in [1.165, 1.54) is 24.2 Å². The van der Waals surface area contributed by atoms with Crippen molar-refractivity contribution in [3.05, 3.63) is 82.5 Å². The number of alkyl halides is 6. The number of aliphatic hydroxyl groups is 1. The van der Waals surface area contributed by atoms with Gasteiger partial charge in [-0.25, -0.2) is 19.4 Å². The second-order valence-corrected chi connectivity index (χ2v) is 13.0. The molecule has 2 heterocycles. The van der Waals surface area contributed by atoms with E-state index in [-0.39, 0.29) is 36.8 Å². The third-order valence-corrected chi connectivity index (χ3v) is 9.82. The quantitative estimate of drug-likeness (QED) is 0.0981. The summed E-state index contributed by atoms with van der Waals surface area (Å²) < 4.78 is 118. The lowest BCUT2D eigenvalue weighted by Crippen LogP contribution is -2.62. The van der Waals surface area contributed by atoms with Crippen molar-refractivity contribution in [1.29, 1.82) is 0 Å². The number of rotatable bonds is 12. The summed E-state index contributed by atoms with van der Waals surface area (Å²) in [6, 6.07) is 4.86. The predicted octanol–water partition coefficient (Wildman–Crippen LogP) is 7.57. The van der Waals surface area contributed by atoms with Crippen LogP contribution < -0.4 is 15.4 Å². The second kappa shape index (κ2) is 15.9. The molecule has 10 nitrogen and oxygen atoms in total. The van der Waals surface area contributed by atoms with Gasteiger partial charge in [0.05, 0.1) is 29.0 Å². The fourth-order valence-corrected chi connectivity index (χ4v) is 6.74. The molecule has 0 atom stereocenters. The molecule has 3 aromatic rings. The number of aromatic nitrogens is 2. The topological polar surface area (TPSA) is 120 Å². The molecule has 1 fully saturated rings. The number of ether oxygens (including phenoxy) is 1. The molecule has 1 aliphatic carbocycles. The van der Waals surface area contributed by atoms with Crippen LogP contribution >= 0.6 is 0 Å². The second-order valence-electron chi connectivity index (χ2n) is 13.0. The standard InChI is InChI=1S/C36H38F8N6O4/c1-4-22(5-2)45-14-15-54-26-11-8-20(29(37)30(26)38)18-50-33(53)28(31(51)34(49(50)3)12-6-7-13-34)32(52)48-24-10-9-21(35(39,40)41)16-23(24)25-17-27(36(42,43)44)47-19-46-25/h8-11,16-17,19,22,45,51H,4-7,12-15,18H2,1-3H3,(H,48,52). The van der Waals surface area contributed by atoms with Gasteiger partial charge in [0.25, 0.3) is 11.8 Å². The minimum atomic E-state index is -4.99. The lowest BCUT2D eigenvalue weighted by atomic mass is 9.88. The number of halogens is 8. The molecule has 54 heavy (non-hydrogen) atoms. The van der Waals surface area contributed by atoms with E-state index in [9.17, 15) is 41.0 Å². The minimum Gasteiger partial charge on any atom is -0.509 e. The number of amides is 2. The van der Waals surface area contributed by atoms with Crippen molar-refractivity contribution >= 4 is 17.5 Å². The Balaban J connectivity index is 1.47. The summed E-state index contributed by atoms with van der Waals surface area (Å²) in [5.74, 6) is -6.11. The lowest BCUT2D eigenvalue weighted by molar-refractivity contribution is -0.163. The Morgan fingerprint density at radius 3 is 2.30 bits per heavy atom. The van der Waals surface area contributed by atoms with Crippen molar-refractivity contribution in [3.8, 4) is 17.0 Å². The number of benzene rings is 2. The zero-order chi connectivity index (χ0) is 39.6. The van der Waals surface area contributed by atoms with Crippen molar-refractivity contribution in [2.24, 2.45) is 0 Å². The summed E-state index contributed by atoms with van der Waals surface area (Å²) in [4.78, 5) is 34.7. The molecule has 5 rings (SSSR count). The number of aliphatic hydroxyl groups excluding tert-OH is 1. The first-order chi connectivity index (χ1) is 25.4. The Kier molecular flexibility index (Phi) is 11.9. The first-order valence-electron chi connectivity index (χ1n) is 17.2.